The van der Waals surface area contributed by atoms with Crippen LogP contribution in [0.4, 0.5) is 0 Å². The van der Waals surface area contributed by atoms with Crippen molar-refractivity contribution >= 4 is 5.57 Å². The van der Waals surface area contributed by atoms with Gasteiger partial charge in [-0.1, -0.05) is 18.2 Å². The van der Waals surface area contributed by atoms with Gasteiger partial charge in [0.25, 0.3) is 0 Å². The highest BCUT2D eigenvalue weighted by molar-refractivity contribution is 5.67. The van der Waals surface area contributed by atoms with E-state index in [1.807, 2.05) is 0 Å². The van der Waals surface area contributed by atoms with Gasteiger partial charge in [-0.2, -0.15) is 0 Å². The monoisotopic (exact) mass is 159 g/mol. The number of rotatable bonds is 2. The average Bonchev–Trinajstić information content (AvgIpc) is 2.52. The Morgan fingerprint density at radius 1 is 1.67 bits per heavy atom. The molecule has 1 aliphatic heterocycles. The van der Waals surface area contributed by atoms with Crippen molar-refractivity contribution in [2.75, 3.05) is 0 Å². The van der Waals surface area contributed by atoms with Crippen LogP contribution in [0.2, 0.25) is 0 Å². The summed E-state index contributed by atoms with van der Waals surface area (Å²) >= 11 is 0. The molecule has 1 nitrogen and oxygen atoms in total. The van der Waals surface area contributed by atoms with Gasteiger partial charge >= 0.3 is 0 Å². The van der Waals surface area contributed by atoms with Crippen molar-refractivity contribution < 1.29 is 0 Å². The van der Waals surface area contributed by atoms with Gasteiger partial charge in [-0.25, -0.2) is 0 Å². The summed E-state index contributed by atoms with van der Waals surface area (Å²) in [4.78, 5) is 0. The van der Waals surface area contributed by atoms with Crippen LogP contribution in [0.5, 0.6) is 0 Å². The van der Waals surface area contributed by atoms with E-state index in [9.17, 15) is 0 Å². The number of hydrogen-bond donors (Lipinski definition) is 0. The molecular formula is C11H13N. The third kappa shape index (κ3) is 1.11. The third-order valence-corrected chi connectivity index (χ3v) is 2.19. The highest BCUT2D eigenvalue weighted by Gasteiger charge is 2.11. The maximum Gasteiger partial charge on any atom is 0.0442 e. The number of fused-ring (bicyclic) bond motifs is 1. The first-order chi connectivity index (χ1) is 5.77. The molecule has 0 N–H and O–H groups in total. The van der Waals surface area contributed by atoms with Gasteiger partial charge in [0.2, 0.25) is 0 Å². The number of allylic oxidation sites excluding steroid dienone is 3. The zero-order valence-electron chi connectivity index (χ0n) is 7.38. The molecule has 0 atom stereocenters. The summed E-state index contributed by atoms with van der Waals surface area (Å²) in [6.07, 6.45) is 5.42. The van der Waals surface area contributed by atoms with Crippen LogP contribution in [0.25, 0.3) is 5.57 Å². The number of nitrogens with zero attached hydrogens (tertiary/aromatic N) is 1. The summed E-state index contributed by atoms with van der Waals surface area (Å²) in [7, 11) is 0. The molecule has 0 radical (unpaired) electrons. The van der Waals surface area contributed by atoms with Gasteiger partial charge in [0.1, 0.15) is 0 Å². The average molecular weight is 159 g/mol. The molecule has 1 heteroatoms. The van der Waals surface area contributed by atoms with Crippen LogP contribution < -0.4 is 0 Å². The predicted octanol–water partition coefficient (Wildman–Crippen LogP) is 2.85. The SMILES string of the molecule is C=C(C)CC1=CCn2cccc21. The van der Waals surface area contributed by atoms with Crippen LogP contribution in [-0.4, -0.2) is 4.57 Å². The molecule has 0 amide bonds. The zero-order valence-corrected chi connectivity index (χ0v) is 7.38. The Morgan fingerprint density at radius 3 is 3.25 bits per heavy atom. The quantitative estimate of drug-likeness (QED) is 0.585. The fraction of sp³-hybridized carbons (Fsp3) is 0.273. The first-order valence-corrected chi connectivity index (χ1v) is 4.26. The summed E-state index contributed by atoms with van der Waals surface area (Å²) in [5.41, 5.74) is 4.02. The molecule has 0 bridgehead atoms. The lowest BCUT2D eigenvalue weighted by Gasteiger charge is -2.01. The Kier molecular flexibility index (Phi) is 1.65. The Bertz CT molecular complexity index is 342. The van der Waals surface area contributed by atoms with Crippen LogP contribution in [-0.2, 0) is 6.54 Å². The van der Waals surface area contributed by atoms with Gasteiger partial charge < -0.3 is 4.57 Å². The molecule has 1 aromatic rings. The second kappa shape index (κ2) is 2.67. The fourth-order valence-electron chi connectivity index (χ4n) is 1.67. The van der Waals surface area contributed by atoms with E-state index in [0.717, 1.165) is 13.0 Å². The molecule has 1 aliphatic rings. The van der Waals surface area contributed by atoms with Gasteiger partial charge in [0, 0.05) is 18.4 Å². The lowest BCUT2D eigenvalue weighted by atomic mass is 10.1. The molecule has 0 aromatic carbocycles. The minimum Gasteiger partial charge on any atom is -0.344 e. The minimum absolute atomic E-state index is 1.02. The normalized spacial score (nSPS) is 14.2. The van der Waals surface area contributed by atoms with Crippen molar-refractivity contribution in [3.63, 3.8) is 0 Å². The minimum atomic E-state index is 1.02. The summed E-state index contributed by atoms with van der Waals surface area (Å²) in [6.45, 7) is 7.03. The van der Waals surface area contributed by atoms with Crippen molar-refractivity contribution in [3.8, 4) is 0 Å². The van der Waals surface area contributed by atoms with Crippen LogP contribution in [0.15, 0.2) is 36.6 Å². The molecule has 2 rings (SSSR count). The van der Waals surface area contributed by atoms with Crippen LogP contribution in [0, 0.1) is 0 Å². The van der Waals surface area contributed by atoms with E-state index in [2.05, 4.69) is 42.5 Å². The smallest absolute Gasteiger partial charge is 0.0442 e. The summed E-state index contributed by atoms with van der Waals surface area (Å²) in [5.74, 6) is 0. The van der Waals surface area contributed by atoms with Crippen molar-refractivity contribution in [2.24, 2.45) is 0 Å². The first-order valence-electron chi connectivity index (χ1n) is 4.26. The maximum absolute atomic E-state index is 3.93. The van der Waals surface area contributed by atoms with E-state index in [1.54, 1.807) is 0 Å². The molecule has 2 heterocycles. The van der Waals surface area contributed by atoms with Gasteiger partial charge in [0.15, 0.2) is 0 Å². The van der Waals surface area contributed by atoms with Crippen LogP contribution in [0.3, 0.4) is 0 Å². The van der Waals surface area contributed by atoms with Crippen molar-refractivity contribution in [2.45, 2.75) is 19.9 Å². The summed E-state index contributed by atoms with van der Waals surface area (Å²) in [6, 6.07) is 4.27. The Balaban J connectivity index is 2.26. The molecule has 0 spiro atoms. The lowest BCUT2D eigenvalue weighted by molar-refractivity contribution is 0.846. The Morgan fingerprint density at radius 2 is 2.50 bits per heavy atom. The molecule has 0 saturated heterocycles. The largest absolute Gasteiger partial charge is 0.344 e. The molecule has 0 unspecified atom stereocenters. The lowest BCUT2D eigenvalue weighted by Crippen LogP contribution is -1.89. The summed E-state index contributed by atoms with van der Waals surface area (Å²) < 4.78 is 2.26. The van der Waals surface area contributed by atoms with Crippen molar-refractivity contribution in [3.05, 3.63) is 42.3 Å². The molecule has 1 aromatic heterocycles. The second-order valence-corrected chi connectivity index (χ2v) is 3.41. The van der Waals surface area contributed by atoms with E-state index in [4.69, 9.17) is 0 Å². The Hall–Kier alpha value is -1.24. The van der Waals surface area contributed by atoms with E-state index >= 15 is 0 Å². The Labute approximate surface area is 73.0 Å². The van der Waals surface area contributed by atoms with Gasteiger partial charge in [-0.05, 0) is 31.1 Å². The molecule has 62 valence electrons. The standard InChI is InChI=1S/C11H13N/c1-9(2)8-10-5-7-12-6-3-4-11(10)12/h3-6H,1,7-8H2,2H3. The van der Waals surface area contributed by atoms with E-state index in [0.29, 0.717) is 0 Å². The van der Waals surface area contributed by atoms with E-state index in [1.165, 1.54) is 16.8 Å². The molecule has 0 aliphatic carbocycles. The highest BCUT2D eigenvalue weighted by Crippen LogP contribution is 2.26. The van der Waals surface area contributed by atoms with Gasteiger partial charge in [0.05, 0.1) is 0 Å². The third-order valence-electron chi connectivity index (χ3n) is 2.19. The van der Waals surface area contributed by atoms with E-state index in [-0.39, 0.29) is 0 Å². The predicted molar refractivity (Wildman–Crippen MR) is 51.8 cm³/mol. The zero-order chi connectivity index (χ0) is 8.55. The maximum atomic E-state index is 3.93. The highest BCUT2D eigenvalue weighted by atomic mass is 15.0. The van der Waals surface area contributed by atoms with Crippen molar-refractivity contribution in [1.29, 1.82) is 0 Å². The van der Waals surface area contributed by atoms with Crippen LogP contribution in [0.1, 0.15) is 19.0 Å². The van der Waals surface area contributed by atoms with Crippen molar-refractivity contribution in [1.82, 2.24) is 4.57 Å². The molecule has 0 saturated carbocycles. The topological polar surface area (TPSA) is 4.93 Å². The number of hydrogen-bond acceptors (Lipinski definition) is 0. The summed E-state index contributed by atoms with van der Waals surface area (Å²) in [5, 5.41) is 0. The number of aromatic nitrogens is 1. The molecule has 12 heavy (non-hydrogen) atoms. The van der Waals surface area contributed by atoms with Crippen LogP contribution >= 0.6 is 0 Å². The molecule has 0 fully saturated rings. The second-order valence-electron chi connectivity index (χ2n) is 3.41. The fourth-order valence-corrected chi connectivity index (χ4v) is 1.67. The van der Waals surface area contributed by atoms with Gasteiger partial charge in [-0.3, -0.25) is 0 Å². The van der Waals surface area contributed by atoms with E-state index < -0.39 is 0 Å². The molecular weight excluding hydrogens is 146 g/mol. The van der Waals surface area contributed by atoms with Gasteiger partial charge in [-0.15, -0.1) is 0 Å². The first kappa shape index (κ1) is 7.41.